The van der Waals surface area contributed by atoms with Gasteiger partial charge in [-0.3, -0.25) is 0 Å². The van der Waals surface area contributed by atoms with Gasteiger partial charge in [0.05, 0.1) is 0 Å². The molecular formula is CdCoCuFePb. The van der Waals surface area contributed by atoms with E-state index in [0.717, 1.165) is 0 Å². The third-order valence-corrected chi connectivity index (χ3v) is 0. The SMILES string of the molecule is [Cd].[Co].[Cu].[Fe].[Pb]. The van der Waals surface area contributed by atoms with Gasteiger partial charge in [0.1, 0.15) is 0 Å². The summed E-state index contributed by atoms with van der Waals surface area (Å²) in [4.78, 5) is 0. The number of rotatable bonds is 0. The molecule has 0 nitrogen and oxygen atoms in total. The first kappa shape index (κ1) is 39.9. The molecule has 0 aliphatic carbocycles. The van der Waals surface area contributed by atoms with Gasteiger partial charge in [-0.2, -0.15) is 0 Å². The zero-order valence-corrected chi connectivity index (χ0v) is 13.2. The molecule has 0 fully saturated rings. The fourth-order valence-corrected chi connectivity index (χ4v) is 0. The van der Waals surface area contributed by atoms with E-state index in [1.807, 2.05) is 0 Å². The largest absolute Gasteiger partial charge is 0 e. The van der Waals surface area contributed by atoms with Gasteiger partial charge in [-0.15, -0.1) is 0 Å². The van der Waals surface area contributed by atoms with Gasteiger partial charge in [-0.1, -0.05) is 0 Å². The molecule has 0 rings (SSSR count). The molecule has 0 saturated carbocycles. The van der Waals surface area contributed by atoms with E-state index in [4.69, 9.17) is 0 Å². The first-order chi connectivity index (χ1) is 0. The van der Waals surface area contributed by atoms with E-state index < -0.39 is 0 Å². The molecule has 0 saturated heterocycles. The van der Waals surface area contributed by atoms with E-state index in [2.05, 4.69) is 0 Å². The smallest absolute Gasteiger partial charge is 0 e. The van der Waals surface area contributed by atoms with Crippen LogP contribution in [0.3, 0.4) is 0 Å². The summed E-state index contributed by atoms with van der Waals surface area (Å²) in [5, 5.41) is 0. The maximum Gasteiger partial charge on any atom is 0 e. The van der Waals surface area contributed by atoms with Gasteiger partial charge in [0.25, 0.3) is 0 Å². The summed E-state index contributed by atoms with van der Waals surface area (Å²) in [6, 6.07) is 0. The van der Waals surface area contributed by atoms with Gasteiger partial charge in [0.15, 0.2) is 0 Å². The Morgan fingerprint density at radius 1 is 1.00 bits per heavy atom. The van der Waals surface area contributed by atoms with E-state index in [1.165, 1.54) is 0 Å². The standard InChI is InChI=1S/Cd.Co.Cu.Fe.Pb. The summed E-state index contributed by atoms with van der Waals surface area (Å²) in [6.07, 6.45) is 0. The fourth-order valence-electron chi connectivity index (χ4n) is 0. The molecule has 0 unspecified atom stereocenters. The van der Waals surface area contributed by atoms with Crippen LogP contribution in [0.4, 0.5) is 0 Å². The van der Waals surface area contributed by atoms with Crippen LogP contribution < -0.4 is 0 Å². The predicted molar refractivity (Wildman–Crippen MR) is 5.75 cm³/mol. The molecule has 5 heteroatoms. The van der Waals surface area contributed by atoms with E-state index in [9.17, 15) is 0 Å². The minimum Gasteiger partial charge on any atom is 0 e. The van der Waals surface area contributed by atoms with Gasteiger partial charge < -0.3 is 0 Å². The van der Waals surface area contributed by atoms with Crippen molar-refractivity contribution in [2.75, 3.05) is 0 Å². The molecule has 0 aliphatic rings. The molecule has 6 radical (unpaired) electrons. The average Bonchev–Trinajstić information content (AvgIpc) is 0. The normalized spacial score (nSPS) is 0. The molecule has 0 heterocycles. The van der Waals surface area contributed by atoms with Gasteiger partial charge in [-0.05, 0) is 0 Å². The maximum absolute atomic E-state index is 0. The van der Waals surface area contributed by atoms with Crippen LogP contribution >= 0.6 is 0 Å². The molecule has 0 aromatic carbocycles. The van der Waals surface area contributed by atoms with Crippen LogP contribution in [-0.2, 0) is 78.2 Å². The van der Waals surface area contributed by atoms with E-state index in [0.29, 0.717) is 0 Å². The van der Waals surface area contributed by atoms with Crippen molar-refractivity contribution in [1.29, 1.82) is 0 Å². The summed E-state index contributed by atoms with van der Waals surface area (Å²) in [5.74, 6) is 0. The Morgan fingerprint density at radius 2 is 1.00 bits per heavy atom. The summed E-state index contributed by atoms with van der Waals surface area (Å²) < 4.78 is 0. The predicted octanol–water partition coefficient (Wildman–Crippen LogP) is -0.391. The third-order valence-electron chi connectivity index (χ3n) is 0. The average molecular weight is 498 g/mol. The molecule has 5 heavy (non-hydrogen) atoms. The quantitative estimate of drug-likeness (QED) is 0.400. The fraction of sp³-hybridized carbons (Fsp3) is 0. The van der Waals surface area contributed by atoms with Crippen LogP contribution in [-0.4, -0.2) is 27.3 Å². The second kappa shape index (κ2) is 26.3. The van der Waals surface area contributed by atoms with Gasteiger partial charge in [-0.25, -0.2) is 0 Å². The molecule has 0 spiro atoms. The van der Waals surface area contributed by atoms with Crippen molar-refractivity contribution in [3.63, 3.8) is 0 Å². The Morgan fingerprint density at radius 3 is 1.00 bits per heavy atom. The molecular weight excluding hydrogens is 498 g/mol. The molecule has 0 bridgehead atoms. The Labute approximate surface area is 103 Å². The molecule has 0 aromatic rings. The Bertz CT molecular complexity index is 11.6. The van der Waals surface area contributed by atoms with Crippen LogP contribution in [0.15, 0.2) is 0 Å². The van der Waals surface area contributed by atoms with Crippen molar-refractivity contribution in [2.45, 2.75) is 0 Å². The number of hydrogen-bond acceptors (Lipinski definition) is 0. The summed E-state index contributed by atoms with van der Waals surface area (Å²) in [5.41, 5.74) is 0. The van der Waals surface area contributed by atoms with Crippen LogP contribution in [0.5, 0.6) is 0 Å². The molecule has 0 amide bonds. The van der Waals surface area contributed by atoms with Gasteiger partial charge in [0, 0.05) is 106 Å². The molecule has 34 valence electrons. The minimum atomic E-state index is 0. The molecule has 0 atom stereocenters. The van der Waals surface area contributed by atoms with Crippen molar-refractivity contribution in [1.82, 2.24) is 0 Å². The van der Waals surface area contributed by atoms with Crippen molar-refractivity contribution in [3.05, 3.63) is 0 Å². The minimum absolute atomic E-state index is 0. The molecule has 0 N–H and O–H groups in total. The maximum atomic E-state index is 0. The van der Waals surface area contributed by atoms with Crippen molar-refractivity contribution in [3.8, 4) is 0 Å². The first-order valence-corrected chi connectivity index (χ1v) is 0. The summed E-state index contributed by atoms with van der Waals surface area (Å²) >= 11 is 0. The van der Waals surface area contributed by atoms with Crippen molar-refractivity contribution < 1.29 is 78.2 Å². The van der Waals surface area contributed by atoms with Gasteiger partial charge in [0.2, 0.25) is 0 Å². The zero-order chi connectivity index (χ0) is 0. The zero-order valence-electron chi connectivity index (χ0n) is 2.20. The Kier molecular flexibility index (Phi) is 209. The second-order valence-corrected chi connectivity index (χ2v) is 0. The number of hydrogen-bond donors (Lipinski definition) is 0. The van der Waals surface area contributed by atoms with Crippen LogP contribution in [0.2, 0.25) is 0 Å². The molecule has 0 aromatic heterocycles. The molecule has 0 aliphatic heterocycles. The first-order valence-electron chi connectivity index (χ1n) is 0. The Balaban J connectivity index is 0. The monoisotopic (exact) mass is 500 g/mol. The van der Waals surface area contributed by atoms with Gasteiger partial charge >= 0.3 is 0 Å². The Hall–Kier alpha value is 3.39. The van der Waals surface area contributed by atoms with Crippen LogP contribution in [0.1, 0.15) is 0 Å². The summed E-state index contributed by atoms with van der Waals surface area (Å²) in [6.45, 7) is 0. The summed E-state index contributed by atoms with van der Waals surface area (Å²) in [7, 11) is 0. The van der Waals surface area contributed by atoms with E-state index >= 15 is 0 Å². The topological polar surface area (TPSA) is 0 Å². The van der Waals surface area contributed by atoms with E-state index in [1.54, 1.807) is 0 Å². The van der Waals surface area contributed by atoms with E-state index in [-0.39, 0.29) is 106 Å². The third kappa shape index (κ3) is 18.7. The van der Waals surface area contributed by atoms with Crippen LogP contribution in [0, 0.1) is 0 Å². The second-order valence-electron chi connectivity index (χ2n) is 0. The van der Waals surface area contributed by atoms with Crippen molar-refractivity contribution in [2.24, 2.45) is 0 Å². The van der Waals surface area contributed by atoms with Crippen molar-refractivity contribution >= 4 is 27.3 Å². The van der Waals surface area contributed by atoms with Crippen LogP contribution in [0.25, 0.3) is 0 Å².